The highest BCUT2D eigenvalue weighted by molar-refractivity contribution is 5.65. The summed E-state index contributed by atoms with van der Waals surface area (Å²) in [5, 5.41) is 10.6. The van der Waals surface area contributed by atoms with Crippen LogP contribution < -0.4 is 10.1 Å². The number of hydrogen-bond donors (Lipinski definition) is 2. The lowest BCUT2D eigenvalue weighted by molar-refractivity contribution is 0.317. The maximum Gasteiger partial charge on any atom is 0.119 e. The Balaban J connectivity index is 2.30. The third-order valence-electron chi connectivity index (χ3n) is 3.01. The first-order valence-electron chi connectivity index (χ1n) is 6.68. The number of aryl methyl sites for hydroxylation is 1. The summed E-state index contributed by atoms with van der Waals surface area (Å²) >= 11 is 0. The van der Waals surface area contributed by atoms with Gasteiger partial charge in [-0.3, -0.25) is 5.10 Å². The van der Waals surface area contributed by atoms with Crippen LogP contribution in [0.25, 0.3) is 11.3 Å². The van der Waals surface area contributed by atoms with E-state index in [-0.39, 0.29) is 0 Å². The number of H-pyrrole nitrogens is 1. The van der Waals surface area contributed by atoms with Crippen LogP contribution in [0.5, 0.6) is 5.75 Å². The Labute approximate surface area is 114 Å². The van der Waals surface area contributed by atoms with Gasteiger partial charge in [-0.25, -0.2) is 0 Å². The van der Waals surface area contributed by atoms with Crippen molar-refractivity contribution in [1.82, 2.24) is 15.5 Å². The van der Waals surface area contributed by atoms with Crippen molar-refractivity contribution in [3.05, 3.63) is 35.5 Å². The zero-order valence-corrected chi connectivity index (χ0v) is 11.8. The number of rotatable bonds is 6. The van der Waals surface area contributed by atoms with Crippen LogP contribution >= 0.6 is 0 Å². The van der Waals surface area contributed by atoms with Gasteiger partial charge in [0, 0.05) is 23.4 Å². The summed E-state index contributed by atoms with van der Waals surface area (Å²) in [6.45, 7) is 5.69. The Morgan fingerprint density at radius 3 is 2.95 bits per heavy atom. The Kier molecular flexibility index (Phi) is 4.58. The third kappa shape index (κ3) is 3.15. The molecule has 0 saturated heterocycles. The fourth-order valence-corrected chi connectivity index (χ4v) is 2.04. The predicted octanol–water partition coefficient (Wildman–Crippen LogP) is 2.89. The lowest BCUT2D eigenvalue weighted by Gasteiger charge is -2.07. The molecule has 4 nitrogen and oxygen atoms in total. The molecule has 0 saturated carbocycles. The first kappa shape index (κ1) is 13.6. The molecular formula is C15H21N3O. The predicted molar refractivity (Wildman–Crippen MR) is 77.3 cm³/mol. The maximum atomic E-state index is 5.67. The van der Waals surface area contributed by atoms with Crippen LogP contribution in [0.3, 0.4) is 0 Å². The summed E-state index contributed by atoms with van der Waals surface area (Å²) in [6.07, 6.45) is 1.01. The van der Waals surface area contributed by atoms with Gasteiger partial charge in [-0.1, -0.05) is 19.1 Å². The van der Waals surface area contributed by atoms with Crippen LogP contribution in [-0.4, -0.2) is 23.9 Å². The van der Waals surface area contributed by atoms with E-state index in [1.54, 1.807) is 0 Å². The van der Waals surface area contributed by atoms with Crippen molar-refractivity contribution in [1.29, 1.82) is 0 Å². The Bertz CT molecular complexity index is 534. The average molecular weight is 259 g/mol. The molecule has 0 unspecified atom stereocenters. The fourth-order valence-electron chi connectivity index (χ4n) is 2.04. The topological polar surface area (TPSA) is 49.9 Å². The van der Waals surface area contributed by atoms with Gasteiger partial charge in [-0.2, -0.15) is 5.10 Å². The molecule has 0 radical (unpaired) electrons. The van der Waals surface area contributed by atoms with E-state index in [4.69, 9.17) is 4.74 Å². The molecule has 1 aromatic carbocycles. The molecule has 0 bridgehead atoms. The van der Waals surface area contributed by atoms with Gasteiger partial charge < -0.3 is 10.1 Å². The van der Waals surface area contributed by atoms with E-state index in [1.807, 2.05) is 32.2 Å². The van der Waals surface area contributed by atoms with Crippen molar-refractivity contribution < 1.29 is 4.74 Å². The molecule has 19 heavy (non-hydrogen) atoms. The summed E-state index contributed by atoms with van der Waals surface area (Å²) in [4.78, 5) is 0. The maximum absolute atomic E-state index is 5.67. The third-order valence-corrected chi connectivity index (χ3v) is 3.01. The number of aromatic nitrogens is 2. The molecule has 0 aliphatic rings. The summed E-state index contributed by atoms with van der Waals surface area (Å²) < 4.78 is 5.67. The zero-order chi connectivity index (χ0) is 13.7. The molecule has 0 spiro atoms. The lowest BCUT2D eigenvalue weighted by atomic mass is 10.1. The van der Waals surface area contributed by atoms with Crippen molar-refractivity contribution in [2.24, 2.45) is 0 Å². The summed E-state index contributed by atoms with van der Waals surface area (Å²) in [7, 11) is 1.94. The van der Waals surface area contributed by atoms with Crippen LogP contribution in [-0.2, 0) is 6.54 Å². The van der Waals surface area contributed by atoms with Gasteiger partial charge in [-0.15, -0.1) is 0 Å². The van der Waals surface area contributed by atoms with Crippen molar-refractivity contribution in [2.75, 3.05) is 13.7 Å². The molecule has 2 aromatic rings. The SMILES string of the molecule is CCCOc1cccc(-c2n[nH]c(C)c2CNC)c1. The van der Waals surface area contributed by atoms with Gasteiger partial charge in [0.15, 0.2) is 0 Å². The Morgan fingerprint density at radius 2 is 2.21 bits per heavy atom. The van der Waals surface area contributed by atoms with E-state index in [0.717, 1.165) is 42.3 Å². The van der Waals surface area contributed by atoms with Gasteiger partial charge in [0.25, 0.3) is 0 Å². The van der Waals surface area contributed by atoms with Crippen molar-refractivity contribution in [3.8, 4) is 17.0 Å². The molecule has 0 aliphatic heterocycles. The van der Waals surface area contributed by atoms with Gasteiger partial charge >= 0.3 is 0 Å². The zero-order valence-electron chi connectivity index (χ0n) is 11.8. The lowest BCUT2D eigenvalue weighted by Crippen LogP contribution is -2.06. The first-order chi connectivity index (χ1) is 9.26. The summed E-state index contributed by atoms with van der Waals surface area (Å²) in [6, 6.07) is 8.10. The summed E-state index contributed by atoms with van der Waals surface area (Å²) in [5.74, 6) is 0.899. The molecule has 1 aromatic heterocycles. The highest BCUT2D eigenvalue weighted by Gasteiger charge is 2.12. The molecule has 2 N–H and O–H groups in total. The quantitative estimate of drug-likeness (QED) is 0.838. The molecule has 102 valence electrons. The Morgan fingerprint density at radius 1 is 1.37 bits per heavy atom. The molecule has 4 heteroatoms. The van der Waals surface area contributed by atoms with Gasteiger partial charge in [0.05, 0.1) is 12.3 Å². The molecule has 0 aliphatic carbocycles. The number of nitrogens with one attached hydrogen (secondary N) is 2. The van der Waals surface area contributed by atoms with E-state index >= 15 is 0 Å². The van der Waals surface area contributed by atoms with Crippen molar-refractivity contribution >= 4 is 0 Å². The molecule has 0 amide bonds. The van der Waals surface area contributed by atoms with Crippen LogP contribution in [0.1, 0.15) is 24.6 Å². The van der Waals surface area contributed by atoms with E-state index in [1.165, 1.54) is 5.56 Å². The van der Waals surface area contributed by atoms with Crippen LogP contribution in [0.4, 0.5) is 0 Å². The largest absolute Gasteiger partial charge is 0.494 e. The summed E-state index contributed by atoms with van der Waals surface area (Å²) in [5.41, 5.74) is 4.39. The molecule has 0 atom stereocenters. The number of benzene rings is 1. The molecule has 2 rings (SSSR count). The Hall–Kier alpha value is -1.81. The second kappa shape index (κ2) is 6.38. The number of aromatic amines is 1. The molecule has 0 fully saturated rings. The van der Waals surface area contributed by atoms with E-state index in [9.17, 15) is 0 Å². The van der Waals surface area contributed by atoms with Gasteiger partial charge in [0.2, 0.25) is 0 Å². The molecule has 1 heterocycles. The van der Waals surface area contributed by atoms with Crippen LogP contribution in [0, 0.1) is 6.92 Å². The number of hydrogen-bond acceptors (Lipinski definition) is 3. The highest BCUT2D eigenvalue weighted by Crippen LogP contribution is 2.26. The normalized spacial score (nSPS) is 10.7. The minimum Gasteiger partial charge on any atom is -0.494 e. The minimum absolute atomic E-state index is 0.742. The monoisotopic (exact) mass is 259 g/mol. The average Bonchev–Trinajstić information content (AvgIpc) is 2.79. The van der Waals surface area contributed by atoms with E-state index in [2.05, 4.69) is 28.5 Å². The number of ether oxygens (including phenoxy) is 1. The number of nitrogens with zero attached hydrogens (tertiary/aromatic N) is 1. The smallest absolute Gasteiger partial charge is 0.119 e. The second-order valence-corrected chi connectivity index (χ2v) is 4.58. The van der Waals surface area contributed by atoms with Gasteiger partial charge in [0.1, 0.15) is 5.75 Å². The first-order valence-corrected chi connectivity index (χ1v) is 6.68. The molecular weight excluding hydrogens is 238 g/mol. The van der Waals surface area contributed by atoms with Crippen molar-refractivity contribution in [3.63, 3.8) is 0 Å². The highest BCUT2D eigenvalue weighted by atomic mass is 16.5. The van der Waals surface area contributed by atoms with Crippen LogP contribution in [0.2, 0.25) is 0 Å². The van der Waals surface area contributed by atoms with Crippen molar-refractivity contribution in [2.45, 2.75) is 26.8 Å². The van der Waals surface area contributed by atoms with Crippen LogP contribution in [0.15, 0.2) is 24.3 Å². The van der Waals surface area contributed by atoms with Gasteiger partial charge in [-0.05, 0) is 32.5 Å². The minimum atomic E-state index is 0.742. The standard InChI is InChI=1S/C15H21N3O/c1-4-8-19-13-7-5-6-12(9-13)15-14(10-16-3)11(2)17-18-15/h5-7,9,16H,4,8,10H2,1-3H3,(H,17,18). The van der Waals surface area contributed by atoms with E-state index < -0.39 is 0 Å². The fraction of sp³-hybridized carbons (Fsp3) is 0.400. The van der Waals surface area contributed by atoms with E-state index in [0.29, 0.717) is 0 Å². The second-order valence-electron chi connectivity index (χ2n) is 4.58.